The van der Waals surface area contributed by atoms with Gasteiger partial charge in [0.2, 0.25) is 5.91 Å². The number of carbonyl (C=O) groups excluding carboxylic acids is 1. The molecule has 0 radical (unpaired) electrons. The highest BCUT2D eigenvalue weighted by atomic mass is 35.5. The number of nitrogens with one attached hydrogen (secondary N) is 2. The molecule has 2 atom stereocenters. The van der Waals surface area contributed by atoms with Gasteiger partial charge in [-0.1, -0.05) is 53.5 Å². The van der Waals surface area contributed by atoms with Crippen LogP contribution in [0.4, 0.5) is 5.69 Å². The first-order chi connectivity index (χ1) is 12.5. The first-order valence-electron chi connectivity index (χ1n) is 8.15. The van der Waals surface area contributed by atoms with Gasteiger partial charge in [-0.3, -0.25) is 10.1 Å². The summed E-state index contributed by atoms with van der Waals surface area (Å²) in [6.45, 7) is 1.78. The van der Waals surface area contributed by atoms with Crippen molar-refractivity contribution in [2.75, 3.05) is 5.32 Å². The zero-order valence-electron chi connectivity index (χ0n) is 14.1. The summed E-state index contributed by atoms with van der Waals surface area (Å²) < 4.78 is 5.55. The second-order valence-electron chi connectivity index (χ2n) is 5.86. The summed E-state index contributed by atoms with van der Waals surface area (Å²) in [5.41, 5.74) is 1.48. The maximum atomic E-state index is 12.6. The van der Waals surface area contributed by atoms with E-state index in [4.69, 9.17) is 27.6 Å². The molecule has 3 aromatic rings. The van der Waals surface area contributed by atoms with E-state index >= 15 is 0 Å². The molecular formula is C20H18Cl2N2O2. The highest BCUT2D eigenvalue weighted by Gasteiger charge is 2.23. The van der Waals surface area contributed by atoms with Crippen LogP contribution in [0.3, 0.4) is 0 Å². The van der Waals surface area contributed by atoms with E-state index in [9.17, 15) is 4.79 Å². The minimum atomic E-state index is -0.500. The molecule has 0 aliphatic rings. The summed E-state index contributed by atoms with van der Waals surface area (Å²) in [7, 11) is 0. The number of benzene rings is 2. The highest BCUT2D eigenvalue weighted by Crippen LogP contribution is 2.26. The molecule has 0 bridgehead atoms. The molecule has 1 amide bonds. The van der Waals surface area contributed by atoms with Gasteiger partial charge in [-0.15, -0.1) is 0 Å². The normalized spacial score (nSPS) is 13.2. The van der Waals surface area contributed by atoms with Crippen LogP contribution in [0.15, 0.2) is 71.3 Å². The Balaban J connectivity index is 1.76. The number of anilines is 1. The van der Waals surface area contributed by atoms with Crippen molar-refractivity contribution in [3.63, 3.8) is 0 Å². The van der Waals surface area contributed by atoms with Crippen molar-refractivity contribution < 1.29 is 9.21 Å². The molecule has 0 unspecified atom stereocenters. The quantitative estimate of drug-likeness (QED) is 0.602. The monoisotopic (exact) mass is 388 g/mol. The Morgan fingerprint density at radius 1 is 1.04 bits per heavy atom. The topological polar surface area (TPSA) is 54.3 Å². The summed E-state index contributed by atoms with van der Waals surface area (Å²) in [4.78, 5) is 12.6. The Morgan fingerprint density at radius 2 is 1.81 bits per heavy atom. The van der Waals surface area contributed by atoms with Gasteiger partial charge in [0, 0.05) is 5.02 Å². The number of hydrogen-bond acceptors (Lipinski definition) is 3. The van der Waals surface area contributed by atoms with Gasteiger partial charge < -0.3 is 9.73 Å². The third-order valence-electron chi connectivity index (χ3n) is 3.96. The summed E-state index contributed by atoms with van der Waals surface area (Å²) in [5.74, 6) is 0.512. The second-order valence-corrected chi connectivity index (χ2v) is 6.70. The Bertz CT molecular complexity index is 867. The maximum absolute atomic E-state index is 12.6. The molecule has 1 aromatic heterocycles. The Morgan fingerprint density at radius 3 is 2.50 bits per heavy atom. The van der Waals surface area contributed by atoms with Crippen LogP contribution < -0.4 is 10.6 Å². The van der Waals surface area contributed by atoms with Gasteiger partial charge in [0.25, 0.3) is 0 Å². The molecule has 3 rings (SSSR count). The average Bonchev–Trinajstić information content (AvgIpc) is 3.17. The standard InChI is InChI=1S/C20H18Cl2N2O2/c1-13(20(25)24-17-12-15(21)9-10-16(17)22)23-19(18-8-5-11-26-18)14-6-3-2-4-7-14/h2-13,19,23H,1H3,(H,24,25)/t13-,19+/m0/s1. The van der Waals surface area contributed by atoms with Crippen molar-refractivity contribution in [1.82, 2.24) is 5.32 Å². The fourth-order valence-electron chi connectivity index (χ4n) is 2.60. The zero-order valence-corrected chi connectivity index (χ0v) is 15.6. The van der Waals surface area contributed by atoms with E-state index in [0.29, 0.717) is 15.7 Å². The number of hydrogen-bond donors (Lipinski definition) is 2. The van der Waals surface area contributed by atoms with E-state index in [2.05, 4.69) is 10.6 Å². The van der Waals surface area contributed by atoms with Gasteiger partial charge in [0.1, 0.15) is 5.76 Å². The van der Waals surface area contributed by atoms with Gasteiger partial charge >= 0.3 is 0 Å². The van der Waals surface area contributed by atoms with Crippen LogP contribution in [0, 0.1) is 0 Å². The minimum Gasteiger partial charge on any atom is -0.467 e. The molecule has 26 heavy (non-hydrogen) atoms. The maximum Gasteiger partial charge on any atom is 0.241 e. The minimum absolute atomic E-state index is 0.221. The average molecular weight is 389 g/mol. The van der Waals surface area contributed by atoms with Crippen LogP contribution >= 0.6 is 23.2 Å². The number of halogens is 2. The van der Waals surface area contributed by atoms with Crippen LogP contribution in [0.1, 0.15) is 24.3 Å². The molecule has 0 saturated heterocycles. The molecule has 0 spiro atoms. The van der Waals surface area contributed by atoms with E-state index in [0.717, 1.165) is 11.3 Å². The highest BCUT2D eigenvalue weighted by molar-refractivity contribution is 6.35. The largest absolute Gasteiger partial charge is 0.467 e. The van der Waals surface area contributed by atoms with Crippen molar-refractivity contribution in [2.24, 2.45) is 0 Å². The predicted octanol–water partition coefficient (Wildman–Crippen LogP) is 5.29. The van der Waals surface area contributed by atoms with Crippen molar-refractivity contribution in [3.8, 4) is 0 Å². The predicted molar refractivity (Wildman–Crippen MR) is 105 cm³/mol. The summed E-state index contributed by atoms with van der Waals surface area (Å²) in [5, 5.41) is 7.05. The van der Waals surface area contributed by atoms with Crippen LogP contribution in [-0.2, 0) is 4.79 Å². The van der Waals surface area contributed by atoms with Gasteiger partial charge in [-0.05, 0) is 42.8 Å². The molecule has 2 aromatic carbocycles. The molecule has 0 fully saturated rings. The lowest BCUT2D eigenvalue weighted by Crippen LogP contribution is -2.40. The number of furan rings is 1. The van der Waals surface area contributed by atoms with Crippen molar-refractivity contribution >= 4 is 34.8 Å². The lowest BCUT2D eigenvalue weighted by atomic mass is 10.0. The van der Waals surface area contributed by atoms with Gasteiger partial charge in [0.15, 0.2) is 0 Å². The molecule has 6 heteroatoms. The van der Waals surface area contributed by atoms with E-state index in [1.54, 1.807) is 31.4 Å². The van der Waals surface area contributed by atoms with Crippen LogP contribution in [0.5, 0.6) is 0 Å². The molecular weight excluding hydrogens is 371 g/mol. The Kier molecular flexibility index (Phi) is 5.99. The van der Waals surface area contributed by atoms with E-state index in [-0.39, 0.29) is 11.9 Å². The van der Waals surface area contributed by atoms with E-state index in [1.165, 1.54) is 0 Å². The summed E-state index contributed by atoms with van der Waals surface area (Å²) in [6, 6.07) is 17.7. The van der Waals surface area contributed by atoms with Gasteiger partial charge in [0.05, 0.1) is 29.1 Å². The molecule has 1 heterocycles. The fourth-order valence-corrected chi connectivity index (χ4v) is 2.94. The Labute approximate surface area is 162 Å². The van der Waals surface area contributed by atoms with Crippen molar-refractivity contribution in [1.29, 1.82) is 0 Å². The first-order valence-corrected chi connectivity index (χ1v) is 8.90. The van der Waals surface area contributed by atoms with Crippen LogP contribution in [0.2, 0.25) is 10.0 Å². The third-order valence-corrected chi connectivity index (χ3v) is 4.52. The molecule has 4 nitrogen and oxygen atoms in total. The van der Waals surface area contributed by atoms with Gasteiger partial charge in [-0.25, -0.2) is 0 Å². The molecule has 0 saturated carbocycles. The van der Waals surface area contributed by atoms with Crippen LogP contribution in [0.25, 0.3) is 0 Å². The number of rotatable bonds is 6. The Hall–Kier alpha value is -2.27. The second kappa shape index (κ2) is 8.41. The molecule has 2 N–H and O–H groups in total. The number of amides is 1. The lowest BCUT2D eigenvalue weighted by Gasteiger charge is -2.22. The van der Waals surface area contributed by atoms with E-state index in [1.807, 2.05) is 42.5 Å². The van der Waals surface area contributed by atoms with Gasteiger partial charge in [-0.2, -0.15) is 0 Å². The summed E-state index contributed by atoms with van der Waals surface area (Å²) in [6.07, 6.45) is 1.61. The SMILES string of the molecule is C[C@H](N[C@H](c1ccccc1)c1ccco1)C(=O)Nc1cc(Cl)ccc1Cl. The summed E-state index contributed by atoms with van der Waals surface area (Å²) >= 11 is 12.1. The van der Waals surface area contributed by atoms with Crippen molar-refractivity contribution in [2.45, 2.75) is 19.0 Å². The third kappa shape index (κ3) is 4.47. The van der Waals surface area contributed by atoms with Crippen LogP contribution in [-0.4, -0.2) is 11.9 Å². The molecule has 134 valence electrons. The van der Waals surface area contributed by atoms with E-state index < -0.39 is 6.04 Å². The zero-order chi connectivity index (χ0) is 18.5. The molecule has 0 aliphatic carbocycles. The fraction of sp³-hybridized carbons (Fsp3) is 0.150. The molecule has 0 aliphatic heterocycles. The number of carbonyl (C=O) groups is 1. The first kappa shape index (κ1) is 18.5. The van der Waals surface area contributed by atoms with Crippen molar-refractivity contribution in [3.05, 3.63) is 88.3 Å². The lowest BCUT2D eigenvalue weighted by molar-refractivity contribution is -0.117. The smallest absolute Gasteiger partial charge is 0.241 e.